The first-order valence-electron chi connectivity index (χ1n) is 6.23. The van der Waals surface area contributed by atoms with Crippen molar-refractivity contribution in [2.24, 2.45) is 0 Å². The Morgan fingerprint density at radius 1 is 1.42 bits per heavy atom. The van der Waals surface area contributed by atoms with Crippen molar-refractivity contribution in [2.45, 2.75) is 25.1 Å². The fourth-order valence-corrected chi connectivity index (χ4v) is 2.20. The molecule has 0 aromatic heterocycles. The van der Waals surface area contributed by atoms with Crippen LogP contribution < -0.4 is 15.4 Å². The molecule has 0 spiro atoms. The van der Waals surface area contributed by atoms with Gasteiger partial charge in [0.25, 0.3) is 0 Å². The van der Waals surface area contributed by atoms with Crippen molar-refractivity contribution >= 4 is 5.69 Å². The summed E-state index contributed by atoms with van der Waals surface area (Å²) in [6.07, 6.45) is -2.33. The molecular formula is C13H17F3N2O. The lowest BCUT2D eigenvalue weighted by molar-refractivity contribution is -0.137. The third kappa shape index (κ3) is 3.53. The van der Waals surface area contributed by atoms with Gasteiger partial charge in [-0.05, 0) is 37.6 Å². The van der Waals surface area contributed by atoms with E-state index in [1.807, 2.05) is 0 Å². The van der Waals surface area contributed by atoms with E-state index in [1.165, 1.54) is 19.2 Å². The molecule has 106 valence electrons. The van der Waals surface area contributed by atoms with E-state index in [2.05, 4.69) is 10.6 Å². The van der Waals surface area contributed by atoms with Crippen molar-refractivity contribution in [1.82, 2.24) is 5.32 Å². The van der Waals surface area contributed by atoms with Crippen LogP contribution >= 0.6 is 0 Å². The van der Waals surface area contributed by atoms with Gasteiger partial charge in [0.15, 0.2) is 0 Å². The summed E-state index contributed by atoms with van der Waals surface area (Å²) < 4.78 is 43.7. The highest BCUT2D eigenvalue weighted by Crippen LogP contribution is 2.37. The van der Waals surface area contributed by atoms with Gasteiger partial charge in [-0.3, -0.25) is 0 Å². The van der Waals surface area contributed by atoms with Crippen LogP contribution in [0.25, 0.3) is 0 Å². The van der Waals surface area contributed by atoms with E-state index in [0.29, 0.717) is 6.54 Å². The van der Waals surface area contributed by atoms with Crippen molar-refractivity contribution in [2.75, 3.05) is 25.5 Å². The zero-order valence-electron chi connectivity index (χ0n) is 10.7. The highest BCUT2D eigenvalue weighted by atomic mass is 19.4. The van der Waals surface area contributed by atoms with Crippen LogP contribution in [0.3, 0.4) is 0 Å². The van der Waals surface area contributed by atoms with Crippen molar-refractivity contribution in [3.05, 3.63) is 23.8 Å². The monoisotopic (exact) mass is 274 g/mol. The Bertz CT molecular complexity index is 428. The molecule has 2 N–H and O–H groups in total. The maximum atomic E-state index is 13.0. The fourth-order valence-electron chi connectivity index (χ4n) is 2.20. The second-order valence-electron chi connectivity index (χ2n) is 4.58. The first-order valence-corrected chi connectivity index (χ1v) is 6.23. The molecule has 0 radical (unpaired) electrons. The molecule has 0 bridgehead atoms. The highest BCUT2D eigenvalue weighted by Gasteiger charge is 2.34. The SMILES string of the molecule is COc1ccc(NCC2CCCN2)c(C(F)(F)F)c1. The summed E-state index contributed by atoms with van der Waals surface area (Å²) in [5, 5.41) is 6.11. The Balaban J connectivity index is 2.13. The number of rotatable bonds is 4. The number of nitrogens with one attached hydrogen (secondary N) is 2. The number of alkyl halides is 3. The zero-order chi connectivity index (χ0) is 13.9. The normalized spacial score (nSPS) is 19.5. The largest absolute Gasteiger partial charge is 0.497 e. The topological polar surface area (TPSA) is 33.3 Å². The van der Waals surface area contributed by atoms with Crippen LogP contribution in [0, 0.1) is 0 Å². The van der Waals surface area contributed by atoms with E-state index < -0.39 is 11.7 Å². The Labute approximate surface area is 110 Å². The minimum Gasteiger partial charge on any atom is -0.497 e. The van der Waals surface area contributed by atoms with E-state index in [1.54, 1.807) is 0 Å². The van der Waals surface area contributed by atoms with Crippen LogP contribution in [0.5, 0.6) is 5.75 Å². The van der Waals surface area contributed by atoms with Crippen LogP contribution in [-0.2, 0) is 6.18 Å². The van der Waals surface area contributed by atoms with Gasteiger partial charge in [0, 0.05) is 18.3 Å². The Morgan fingerprint density at radius 2 is 2.21 bits per heavy atom. The van der Waals surface area contributed by atoms with E-state index in [-0.39, 0.29) is 17.5 Å². The van der Waals surface area contributed by atoms with Gasteiger partial charge >= 0.3 is 6.18 Å². The molecule has 1 aromatic carbocycles. The van der Waals surface area contributed by atoms with Gasteiger partial charge in [-0.25, -0.2) is 0 Å². The molecule has 1 fully saturated rings. The standard InChI is InChI=1S/C13H17F3N2O/c1-19-10-4-5-12(11(7-10)13(14,15)16)18-8-9-3-2-6-17-9/h4-5,7,9,17-18H,2-3,6,8H2,1H3. The third-order valence-corrected chi connectivity index (χ3v) is 3.23. The number of ether oxygens (including phenoxy) is 1. The average molecular weight is 274 g/mol. The van der Waals surface area contributed by atoms with Gasteiger partial charge < -0.3 is 15.4 Å². The lowest BCUT2D eigenvalue weighted by Crippen LogP contribution is -2.29. The Hall–Kier alpha value is -1.43. The number of anilines is 1. The van der Waals surface area contributed by atoms with Gasteiger partial charge in [-0.15, -0.1) is 0 Å². The summed E-state index contributed by atoms with van der Waals surface area (Å²) in [6.45, 7) is 1.43. The molecule has 1 unspecified atom stereocenters. The molecule has 1 aromatic rings. The smallest absolute Gasteiger partial charge is 0.418 e. The predicted molar refractivity (Wildman–Crippen MR) is 67.5 cm³/mol. The molecule has 0 amide bonds. The molecule has 6 heteroatoms. The fraction of sp³-hybridized carbons (Fsp3) is 0.538. The zero-order valence-corrected chi connectivity index (χ0v) is 10.7. The number of benzene rings is 1. The summed E-state index contributed by atoms with van der Waals surface area (Å²) in [5.74, 6) is 0.205. The van der Waals surface area contributed by atoms with Crippen LogP contribution in [-0.4, -0.2) is 26.2 Å². The summed E-state index contributed by atoms with van der Waals surface area (Å²) >= 11 is 0. The third-order valence-electron chi connectivity index (χ3n) is 3.23. The summed E-state index contributed by atoms with van der Waals surface area (Å²) in [7, 11) is 1.35. The van der Waals surface area contributed by atoms with Gasteiger partial charge in [-0.1, -0.05) is 0 Å². The summed E-state index contributed by atoms with van der Waals surface area (Å²) in [5.41, 5.74) is -0.591. The van der Waals surface area contributed by atoms with Gasteiger partial charge in [0.05, 0.1) is 12.7 Å². The molecule has 1 atom stereocenters. The first-order chi connectivity index (χ1) is 9.00. The molecule has 1 saturated heterocycles. The van der Waals surface area contributed by atoms with E-state index >= 15 is 0 Å². The Morgan fingerprint density at radius 3 is 2.79 bits per heavy atom. The molecule has 19 heavy (non-hydrogen) atoms. The maximum Gasteiger partial charge on any atom is 0.418 e. The number of hydrogen-bond donors (Lipinski definition) is 2. The van der Waals surface area contributed by atoms with Crippen molar-refractivity contribution in [1.29, 1.82) is 0 Å². The molecule has 1 aliphatic rings. The number of halogens is 3. The van der Waals surface area contributed by atoms with E-state index in [4.69, 9.17) is 4.74 Å². The van der Waals surface area contributed by atoms with E-state index in [0.717, 1.165) is 25.5 Å². The van der Waals surface area contributed by atoms with Crippen LogP contribution in [0.15, 0.2) is 18.2 Å². The lowest BCUT2D eigenvalue weighted by atomic mass is 10.1. The van der Waals surface area contributed by atoms with Gasteiger partial charge in [0.1, 0.15) is 5.75 Å². The maximum absolute atomic E-state index is 13.0. The van der Waals surface area contributed by atoms with Gasteiger partial charge in [-0.2, -0.15) is 13.2 Å². The average Bonchev–Trinajstić information content (AvgIpc) is 2.88. The Kier molecular flexibility index (Phi) is 4.19. The molecule has 1 aliphatic heterocycles. The van der Waals surface area contributed by atoms with E-state index in [9.17, 15) is 13.2 Å². The number of methoxy groups -OCH3 is 1. The van der Waals surface area contributed by atoms with Crippen LogP contribution in [0.1, 0.15) is 18.4 Å². The number of hydrogen-bond acceptors (Lipinski definition) is 3. The molecule has 0 aliphatic carbocycles. The molecule has 2 rings (SSSR count). The summed E-state index contributed by atoms with van der Waals surface area (Å²) in [6, 6.07) is 4.20. The van der Waals surface area contributed by atoms with Gasteiger partial charge in [0.2, 0.25) is 0 Å². The molecule has 3 nitrogen and oxygen atoms in total. The minimum atomic E-state index is -4.39. The quantitative estimate of drug-likeness (QED) is 0.885. The summed E-state index contributed by atoms with van der Waals surface area (Å²) in [4.78, 5) is 0. The first kappa shape index (κ1) is 14.0. The van der Waals surface area contributed by atoms with Crippen LogP contribution in [0.4, 0.5) is 18.9 Å². The van der Waals surface area contributed by atoms with Crippen molar-refractivity contribution < 1.29 is 17.9 Å². The molecule has 0 saturated carbocycles. The highest BCUT2D eigenvalue weighted by molar-refractivity contribution is 5.55. The molecule has 1 heterocycles. The van der Waals surface area contributed by atoms with Crippen molar-refractivity contribution in [3.8, 4) is 5.75 Å². The predicted octanol–water partition coefficient (Wildman–Crippen LogP) is 2.88. The van der Waals surface area contributed by atoms with Crippen molar-refractivity contribution in [3.63, 3.8) is 0 Å². The lowest BCUT2D eigenvalue weighted by Gasteiger charge is -2.18. The second kappa shape index (κ2) is 5.69. The second-order valence-corrected chi connectivity index (χ2v) is 4.58. The van der Waals surface area contributed by atoms with Crippen LogP contribution in [0.2, 0.25) is 0 Å². The minimum absolute atomic E-state index is 0.0991. The molecular weight excluding hydrogens is 257 g/mol.